The molecule has 4 atom stereocenters. The van der Waals surface area contributed by atoms with Crippen molar-refractivity contribution in [3.63, 3.8) is 0 Å². The molecular formula is C58H54N4O7S3. The van der Waals surface area contributed by atoms with Crippen LogP contribution in [0.1, 0.15) is 48.6 Å². The van der Waals surface area contributed by atoms with Gasteiger partial charge < -0.3 is 30.7 Å². The normalized spacial score (nSPS) is 13.3. The Morgan fingerprint density at radius 1 is 0.472 bits per heavy atom. The average Bonchev–Trinajstić information content (AvgIpc) is 4.12. The number of rotatable bonds is 18. The first-order chi connectivity index (χ1) is 34.8. The van der Waals surface area contributed by atoms with Gasteiger partial charge in [-0.15, -0.1) is 34.0 Å². The number of nitrogens with one attached hydrogen (secondary N) is 4. The minimum Gasteiger partial charge on any atom is -0.459 e. The molecule has 0 saturated carbocycles. The van der Waals surface area contributed by atoms with Crippen LogP contribution in [0.3, 0.4) is 0 Å². The van der Waals surface area contributed by atoms with E-state index < -0.39 is 59.6 Å². The maximum atomic E-state index is 14.8. The minimum absolute atomic E-state index is 0.0187. The molecule has 3 heterocycles. The lowest BCUT2D eigenvalue weighted by Gasteiger charge is -2.27. The Kier molecular flexibility index (Phi) is 15.4. The summed E-state index contributed by atoms with van der Waals surface area (Å²) in [7, 11) is 0. The van der Waals surface area contributed by atoms with Gasteiger partial charge in [-0.2, -0.15) is 0 Å². The monoisotopic (exact) mass is 1010 g/mol. The lowest BCUT2D eigenvalue weighted by molar-refractivity contribution is -0.149. The predicted octanol–water partition coefficient (Wildman–Crippen LogP) is 10.8. The van der Waals surface area contributed by atoms with E-state index in [9.17, 15) is 24.0 Å². The fourth-order valence-corrected chi connectivity index (χ4v) is 11.7. The molecule has 366 valence electrons. The molecule has 4 amide bonds. The van der Waals surface area contributed by atoms with E-state index in [2.05, 4.69) is 57.0 Å². The van der Waals surface area contributed by atoms with Crippen LogP contribution >= 0.6 is 34.0 Å². The number of benzene rings is 6. The zero-order valence-corrected chi connectivity index (χ0v) is 42.5. The van der Waals surface area contributed by atoms with E-state index in [1.54, 1.807) is 54.8 Å². The molecule has 0 spiro atoms. The number of hydrogen-bond acceptors (Lipinski definition) is 10. The number of carbonyl (C=O) groups is 5. The molecule has 0 saturated heterocycles. The number of amides is 4. The minimum atomic E-state index is -1.20. The fraction of sp³-hybridized carbons (Fsp3) is 0.224. The maximum absolute atomic E-state index is 14.8. The van der Waals surface area contributed by atoms with Crippen molar-refractivity contribution < 1.29 is 33.4 Å². The number of fused-ring (bicyclic) bond motifs is 7. The second-order valence-electron chi connectivity index (χ2n) is 18.7. The van der Waals surface area contributed by atoms with Gasteiger partial charge in [0.05, 0.1) is 0 Å². The molecule has 0 aliphatic rings. The molecule has 0 aliphatic heterocycles. The third-order valence-corrected chi connectivity index (χ3v) is 15.2. The third kappa shape index (κ3) is 12.2. The molecule has 4 N–H and O–H groups in total. The highest BCUT2D eigenvalue weighted by molar-refractivity contribution is 7.27. The summed E-state index contributed by atoms with van der Waals surface area (Å²) in [6, 6.07) is 43.2. The van der Waals surface area contributed by atoms with Gasteiger partial charge in [-0.3, -0.25) is 14.4 Å². The second kappa shape index (κ2) is 22.4. The number of alkyl carbamates (subject to hydrolysis) is 1. The quantitative estimate of drug-likeness (QED) is 0.0625. The highest BCUT2D eigenvalue weighted by Gasteiger charge is 2.33. The van der Waals surface area contributed by atoms with Crippen LogP contribution in [0, 0.1) is 0 Å². The van der Waals surface area contributed by atoms with Crippen molar-refractivity contribution in [1.29, 1.82) is 0 Å². The summed E-state index contributed by atoms with van der Waals surface area (Å²) in [5.41, 5.74) is 3.12. The van der Waals surface area contributed by atoms with Crippen LogP contribution in [0.2, 0.25) is 0 Å². The van der Waals surface area contributed by atoms with Crippen molar-refractivity contribution in [2.24, 2.45) is 0 Å². The van der Waals surface area contributed by atoms with E-state index in [4.69, 9.17) is 9.47 Å². The Labute approximate surface area is 429 Å². The zero-order chi connectivity index (χ0) is 50.2. The number of thiophene rings is 3. The molecule has 6 aromatic carbocycles. The Morgan fingerprint density at radius 3 is 1.40 bits per heavy atom. The largest absolute Gasteiger partial charge is 0.459 e. The summed E-state index contributed by atoms with van der Waals surface area (Å²) in [6.07, 6.45) is -0.425. The van der Waals surface area contributed by atoms with Crippen molar-refractivity contribution in [2.75, 3.05) is 0 Å². The summed E-state index contributed by atoms with van der Waals surface area (Å²) in [5, 5.41) is 20.3. The average molecular weight is 1020 g/mol. The second-order valence-corrected chi connectivity index (χ2v) is 21.6. The van der Waals surface area contributed by atoms with E-state index in [0.29, 0.717) is 0 Å². The molecule has 0 fully saturated rings. The Morgan fingerprint density at radius 2 is 0.903 bits per heavy atom. The van der Waals surface area contributed by atoms with Crippen molar-refractivity contribution >= 4 is 104 Å². The van der Waals surface area contributed by atoms with Crippen LogP contribution < -0.4 is 21.3 Å². The molecule has 11 nitrogen and oxygen atoms in total. The highest BCUT2D eigenvalue weighted by atomic mass is 32.1. The molecule has 0 radical (unpaired) electrons. The summed E-state index contributed by atoms with van der Waals surface area (Å²) in [6.45, 7) is 5.16. The SMILES string of the molecule is CC(C)(C)OC(=O)N[C@@H](Cc1ccccc1)C(=O)N[C@@H](Cc1ccccc1)C(=O)N[C@@H](Cc1ccccc1)C(=O)N[C@@H](Cc1ccccc1)C(=O)OCc1csc2ccc3sc4ccc5sccc5c4c3c12. The summed E-state index contributed by atoms with van der Waals surface area (Å²) in [4.78, 5) is 71.4. The summed E-state index contributed by atoms with van der Waals surface area (Å²) >= 11 is 5.05. The lowest BCUT2D eigenvalue weighted by atomic mass is 10.0. The first-order valence-corrected chi connectivity index (χ1v) is 26.4. The predicted molar refractivity (Wildman–Crippen MR) is 289 cm³/mol. The van der Waals surface area contributed by atoms with Crippen molar-refractivity contribution in [2.45, 2.75) is 82.8 Å². The van der Waals surface area contributed by atoms with Crippen LogP contribution in [0.5, 0.6) is 0 Å². The van der Waals surface area contributed by atoms with Crippen LogP contribution in [-0.4, -0.2) is 59.6 Å². The van der Waals surface area contributed by atoms with Crippen molar-refractivity contribution in [1.82, 2.24) is 21.3 Å². The van der Waals surface area contributed by atoms with Gasteiger partial charge in [0.15, 0.2) is 0 Å². The van der Waals surface area contributed by atoms with E-state index in [0.717, 1.165) is 48.0 Å². The molecule has 9 rings (SSSR count). The number of hydrogen-bond donors (Lipinski definition) is 4. The summed E-state index contributed by atoms with van der Waals surface area (Å²) < 4.78 is 16.3. The Balaban J connectivity index is 0.982. The Hall–Kier alpha value is -7.39. The van der Waals surface area contributed by atoms with Gasteiger partial charge in [0.2, 0.25) is 17.7 Å². The molecule has 0 unspecified atom stereocenters. The highest BCUT2D eigenvalue weighted by Crippen LogP contribution is 2.45. The molecule has 3 aromatic heterocycles. The van der Waals surface area contributed by atoms with Gasteiger partial charge in [0, 0.05) is 71.6 Å². The van der Waals surface area contributed by atoms with Crippen LogP contribution in [0.25, 0.3) is 40.3 Å². The third-order valence-electron chi connectivity index (χ3n) is 12.2. The number of carbonyl (C=O) groups excluding carboxylic acids is 5. The van der Waals surface area contributed by atoms with Crippen LogP contribution in [0.15, 0.2) is 162 Å². The number of esters is 1. The first kappa shape index (κ1) is 49.6. The first-order valence-electron chi connectivity index (χ1n) is 23.8. The standard InChI is InChI=1S/C58H54N4O7S3/c1-58(2,3)69-57(67)62-44(32-38-20-12-6-13-21-38)55(65)60-42(30-36-16-8-4-9-17-36)53(63)59-43(31-37-18-10-5-11-19-37)54(64)61-45(33-39-22-14-7-15-23-39)56(66)68-34-40-35-71-47-25-27-49-52(50(40)47)51-41-28-29-70-46(41)24-26-48(51)72-49/h4-29,35,42-45H,30-34H2,1-3H3,(H,59,63)(H,60,65)(H,61,64)(H,62,67)/t42-,43-,44-,45-/m0/s1. The fourth-order valence-electron chi connectivity index (χ4n) is 8.84. The topological polar surface area (TPSA) is 152 Å². The van der Waals surface area contributed by atoms with E-state index in [1.807, 2.05) is 127 Å². The molecule has 14 heteroatoms. The van der Waals surface area contributed by atoms with E-state index >= 15 is 0 Å². The van der Waals surface area contributed by atoms with Crippen LogP contribution in [0.4, 0.5) is 4.79 Å². The van der Waals surface area contributed by atoms with Gasteiger partial charge in [-0.05, 0) is 84.1 Å². The zero-order valence-electron chi connectivity index (χ0n) is 40.0. The van der Waals surface area contributed by atoms with Gasteiger partial charge in [-0.25, -0.2) is 9.59 Å². The lowest BCUT2D eigenvalue weighted by Crippen LogP contribution is -2.59. The molecule has 9 aromatic rings. The Bertz CT molecular complexity index is 3350. The van der Waals surface area contributed by atoms with Gasteiger partial charge in [0.25, 0.3) is 0 Å². The van der Waals surface area contributed by atoms with E-state index in [-0.39, 0.29) is 32.3 Å². The molecule has 0 bridgehead atoms. The van der Waals surface area contributed by atoms with Gasteiger partial charge in [-0.1, -0.05) is 121 Å². The molecule has 72 heavy (non-hydrogen) atoms. The molecular weight excluding hydrogens is 961 g/mol. The van der Waals surface area contributed by atoms with E-state index in [1.165, 1.54) is 20.2 Å². The summed E-state index contributed by atoms with van der Waals surface area (Å²) in [5.74, 6) is -2.51. The van der Waals surface area contributed by atoms with Crippen molar-refractivity contribution in [3.05, 3.63) is 190 Å². The maximum Gasteiger partial charge on any atom is 0.408 e. The smallest absolute Gasteiger partial charge is 0.408 e. The van der Waals surface area contributed by atoms with Gasteiger partial charge >= 0.3 is 12.1 Å². The van der Waals surface area contributed by atoms with Crippen LogP contribution in [-0.2, 0) is 60.9 Å². The molecule has 0 aliphatic carbocycles. The number of ether oxygens (including phenoxy) is 2. The van der Waals surface area contributed by atoms with Gasteiger partial charge in [0.1, 0.15) is 36.4 Å². The van der Waals surface area contributed by atoms with Crippen molar-refractivity contribution in [3.8, 4) is 0 Å².